The van der Waals surface area contributed by atoms with E-state index in [0.717, 1.165) is 25.1 Å². The van der Waals surface area contributed by atoms with Gasteiger partial charge in [0.05, 0.1) is 5.69 Å². The normalized spacial score (nSPS) is 14.5. The molecule has 0 aliphatic carbocycles. The van der Waals surface area contributed by atoms with Crippen LogP contribution in [-0.4, -0.2) is 17.4 Å². The molecule has 1 aliphatic rings. The number of ether oxygens (including phenoxy) is 1. The number of nitrogens with zero attached hydrogens (tertiary/aromatic N) is 1. The second kappa shape index (κ2) is 7.46. The van der Waals surface area contributed by atoms with Crippen molar-refractivity contribution in [1.82, 2.24) is 4.98 Å². The van der Waals surface area contributed by atoms with Crippen LogP contribution in [-0.2, 0) is 11.4 Å². The number of halogens is 1. The Kier molecular flexibility index (Phi) is 4.86. The van der Waals surface area contributed by atoms with Gasteiger partial charge in [0.1, 0.15) is 18.2 Å². The third-order valence-electron chi connectivity index (χ3n) is 5.14. The SMILES string of the molecule is Cc1c(COc2cccc(N3CCCCC3=O)c2)[nH]c2ccc(F)cc2c1=O. The van der Waals surface area contributed by atoms with Crippen LogP contribution in [0.15, 0.2) is 47.3 Å². The fraction of sp³-hybridized carbons (Fsp3) is 0.273. The fourth-order valence-corrected chi connectivity index (χ4v) is 3.53. The zero-order valence-corrected chi connectivity index (χ0v) is 15.6. The molecule has 2 aromatic carbocycles. The summed E-state index contributed by atoms with van der Waals surface area (Å²) in [6, 6.07) is 11.5. The molecular weight excluding hydrogens is 359 g/mol. The van der Waals surface area contributed by atoms with Crippen molar-refractivity contribution < 1.29 is 13.9 Å². The van der Waals surface area contributed by atoms with E-state index in [0.29, 0.717) is 34.3 Å². The highest BCUT2D eigenvalue weighted by Gasteiger charge is 2.20. The minimum Gasteiger partial charge on any atom is -0.487 e. The molecule has 6 heteroatoms. The van der Waals surface area contributed by atoms with Crippen LogP contribution in [0.3, 0.4) is 0 Å². The van der Waals surface area contributed by atoms with Gasteiger partial charge in [-0.3, -0.25) is 9.59 Å². The second-order valence-corrected chi connectivity index (χ2v) is 7.04. The van der Waals surface area contributed by atoms with Gasteiger partial charge in [0.15, 0.2) is 5.43 Å². The van der Waals surface area contributed by atoms with Gasteiger partial charge in [0.2, 0.25) is 5.91 Å². The number of pyridine rings is 1. The third kappa shape index (κ3) is 3.50. The Hall–Kier alpha value is -3.15. The molecule has 0 spiro atoms. The van der Waals surface area contributed by atoms with Crippen molar-refractivity contribution in [2.75, 3.05) is 11.4 Å². The Morgan fingerprint density at radius 2 is 2.00 bits per heavy atom. The molecule has 3 aromatic rings. The summed E-state index contributed by atoms with van der Waals surface area (Å²) in [6.45, 7) is 2.59. The summed E-state index contributed by atoms with van der Waals surface area (Å²) < 4.78 is 19.3. The Morgan fingerprint density at radius 3 is 2.82 bits per heavy atom. The molecule has 1 amide bonds. The number of fused-ring (bicyclic) bond motifs is 1. The zero-order valence-electron chi connectivity index (χ0n) is 15.6. The second-order valence-electron chi connectivity index (χ2n) is 7.04. The average molecular weight is 380 g/mol. The van der Waals surface area contributed by atoms with Crippen LogP contribution in [0.5, 0.6) is 5.75 Å². The van der Waals surface area contributed by atoms with Gasteiger partial charge in [-0.2, -0.15) is 0 Å². The monoisotopic (exact) mass is 380 g/mol. The highest BCUT2D eigenvalue weighted by Crippen LogP contribution is 2.25. The lowest BCUT2D eigenvalue weighted by atomic mass is 10.1. The number of anilines is 1. The van der Waals surface area contributed by atoms with Crippen LogP contribution in [0, 0.1) is 12.7 Å². The van der Waals surface area contributed by atoms with Crippen molar-refractivity contribution in [3.05, 3.63) is 69.8 Å². The molecule has 0 saturated carbocycles. The van der Waals surface area contributed by atoms with Crippen LogP contribution >= 0.6 is 0 Å². The van der Waals surface area contributed by atoms with E-state index in [4.69, 9.17) is 4.74 Å². The maximum atomic E-state index is 13.4. The van der Waals surface area contributed by atoms with Crippen molar-refractivity contribution in [1.29, 1.82) is 0 Å². The van der Waals surface area contributed by atoms with Crippen molar-refractivity contribution in [2.24, 2.45) is 0 Å². The first kappa shape index (κ1) is 18.2. The predicted molar refractivity (Wildman–Crippen MR) is 106 cm³/mol. The van der Waals surface area contributed by atoms with E-state index in [-0.39, 0.29) is 17.9 Å². The van der Waals surface area contributed by atoms with Gasteiger partial charge >= 0.3 is 0 Å². The summed E-state index contributed by atoms with van der Waals surface area (Å²) in [5.41, 5.74) is 2.33. The molecule has 1 fully saturated rings. The number of aromatic amines is 1. The van der Waals surface area contributed by atoms with E-state index < -0.39 is 5.82 Å². The lowest BCUT2D eigenvalue weighted by Crippen LogP contribution is -2.35. The van der Waals surface area contributed by atoms with Gasteiger partial charge in [-0.1, -0.05) is 6.07 Å². The molecule has 1 N–H and O–H groups in total. The van der Waals surface area contributed by atoms with Gasteiger partial charge in [-0.15, -0.1) is 0 Å². The number of hydrogen-bond acceptors (Lipinski definition) is 3. The number of amides is 1. The molecule has 0 bridgehead atoms. The van der Waals surface area contributed by atoms with Gasteiger partial charge in [-0.05, 0) is 50.1 Å². The van der Waals surface area contributed by atoms with Crippen LogP contribution in [0.1, 0.15) is 30.5 Å². The number of piperidine rings is 1. The third-order valence-corrected chi connectivity index (χ3v) is 5.14. The minimum absolute atomic E-state index is 0.130. The smallest absolute Gasteiger partial charge is 0.226 e. The van der Waals surface area contributed by atoms with Gasteiger partial charge in [0.25, 0.3) is 0 Å². The number of carbonyl (C=O) groups is 1. The Balaban J connectivity index is 1.57. The molecule has 1 aliphatic heterocycles. The number of rotatable bonds is 4. The fourth-order valence-electron chi connectivity index (χ4n) is 3.53. The summed E-state index contributed by atoms with van der Waals surface area (Å²) >= 11 is 0. The highest BCUT2D eigenvalue weighted by molar-refractivity contribution is 5.94. The molecule has 0 radical (unpaired) electrons. The largest absolute Gasteiger partial charge is 0.487 e. The van der Waals surface area contributed by atoms with E-state index in [1.54, 1.807) is 17.9 Å². The molecule has 144 valence electrons. The van der Waals surface area contributed by atoms with Crippen molar-refractivity contribution in [2.45, 2.75) is 32.8 Å². The maximum Gasteiger partial charge on any atom is 0.226 e. The average Bonchev–Trinajstić information content (AvgIpc) is 2.71. The quantitative estimate of drug-likeness (QED) is 0.742. The van der Waals surface area contributed by atoms with E-state index in [1.165, 1.54) is 12.1 Å². The summed E-state index contributed by atoms with van der Waals surface area (Å²) in [5.74, 6) is 0.311. The molecule has 4 rings (SSSR count). The molecule has 1 aromatic heterocycles. The van der Waals surface area contributed by atoms with Gasteiger partial charge in [0, 0.05) is 41.2 Å². The van der Waals surface area contributed by atoms with E-state index >= 15 is 0 Å². The summed E-state index contributed by atoms with van der Waals surface area (Å²) in [4.78, 5) is 29.6. The molecule has 28 heavy (non-hydrogen) atoms. The number of benzene rings is 2. The van der Waals surface area contributed by atoms with Crippen molar-refractivity contribution in [3.8, 4) is 5.75 Å². The maximum absolute atomic E-state index is 13.4. The molecule has 0 atom stereocenters. The first-order chi connectivity index (χ1) is 13.5. The number of H-pyrrole nitrogens is 1. The van der Waals surface area contributed by atoms with Crippen LogP contribution < -0.4 is 15.1 Å². The molecule has 0 unspecified atom stereocenters. The van der Waals surface area contributed by atoms with Crippen molar-refractivity contribution >= 4 is 22.5 Å². The number of hydrogen-bond donors (Lipinski definition) is 1. The standard InChI is InChI=1S/C22H21FN2O3/c1-14-20(24-19-9-8-15(23)11-18(19)22(14)27)13-28-17-6-4-5-16(12-17)25-10-3-2-7-21(25)26/h4-6,8-9,11-12H,2-3,7,10,13H2,1H3,(H,24,27). The summed E-state index contributed by atoms with van der Waals surface area (Å²) in [6.07, 6.45) is 2.50. The minimum atomic E-state index is -0.439. The van der Waals surface area contributed by atoms with Crippen LogP contribution in [0.4, 0.5) is 10.1 Å². The topological polar surface area (TPSA) is 62.4 Å². The van der Waals surface area contributed by atoms with E-state index in [2.05, 4.69) is 4.98 Å². The number of carbonyl (C=O) groups excluding carboxylic acids is 1. The van der Waals surface area contributed by atoms with Crippen LogP contribution in [0.25, 0.3) is 10.9 Å². The number of nitrogens with one attached hydrogen (secondary N) is 1. The molecule has 5 nitrogen and oxygen atoms in total. The molecule has 2 heterocycles. The summed E-state index contributed by atoms with van der Waals surface area (Å²) in [5, 5.41) is 0.326. The lowest BCUT2D eigenvalue weighted by molar-refractivity contribution is -0.119. The number of aromatic nitrogens is 1. The Morgan fingerprint density at radius 1 is 1.14 bits per heavy atom. The highest BCUT2D eigenvalue weighted by atomic mass is 19.1. The van der Waals surface area contributed by atoms with Gasteiger partial charge < -0.3 is 14.6 Å². The van der Waals surface area contributed by atoms with Crippen molar-refractivity contribution in [3.63, 3.8) is 0 Å². The first-order valence-corrected chi connectivity index (χ1v) is 9.37. The van der Waals surface area contributed by atoms with Crippen LogP contribution in [0.2, 0.25) is 0 Å². The van der Waals surface area contributed by atoms with E-state index in [9.17, 15) is 14.0 Å². The van der Waals surface area contributed by atoms with E-state index in [1.807, 2.05) is 24.3 Å². The molecular formula is C22H21FN2O3. The molecule has 1 saturated heterocycles. The first-order valence-electron chi connectivity index (χ1n) is 9.37. The zero-order chi connectivity index (χ0) is 19.7. The van der Waals surface area contributed by atoms with Gasteiger partial charge in [-0.25, -0.2) is 4.39 Å². The summed E-state index contributed by atoms with van der Waals surface area (Å²) in [7, 11) is 0. The Bertz CT molecular complexity index is 1110. The Labute approximate surface area is 161 Å². The predicted octanol–water partition coefficient (Wildman–Crippen LogP) is 4.07. The lowest BCUT2D eigenvalue weighted by Gasteiger charge is -2.27.